The summed E-state index contributed by atoms with van der Waals surface area (Å²) in [4.78, 5) is 26.9. The van der Waals surface area contributed by atoms with E-state index in [1.807, 2.05) is 30.3 Å². The number of carbonyl (C=O) groups is 2. The first-order valence-corrected chi connectivity index (χ1v) is 8.58. The second-order valence-electron chi connectivity index (χ2n) is 6.32. The van der Waals surface area contributed by atoms with Crippen molar-refractivity contribution in [2.45, 2.75) is 25.9 Å². The van der Waals surface area contributed by atoms with Crippen LogP contribution in [-0.2, 0) is 17.8 Å². The number of amides is 2. The van der Waals surface area contributed by atoms with E-state index in [0.717, 1.165) is 5.56 Å². The van der Waals surface area contributed by atoms with Crippen molar-refractivity contribution in [2.24, 2.45) is 0 Å². The van der Waals surface area contributed by atoms with Crippen molar-refractivity contribution < 1.29 is 18.5 Å². The molecule has 1 N–H and O–H groups in total. The lowest BCUT2D eigenvalue weighted by Crippen LogP contribution is -2.48. The molecule has 2 heterocycles. The smallest absolute Gasteiger partial charge is 0.287 e. The van der Waals surface area contributed by atoms with Crippen LogP contribution < -0.4 is 5.32 Å². The van der Waals surface area contributed by atoms with Gasteiger partial charge in [0, 0.05) is 19.5 Å². The fraction of sp³-hybridized carbons (Fsp3) is 0.250. The van der Waals surface area contributed by atoms with E-state index in [0.29, 0.717) is 17.9 Å². The Morgan fingerprint density at radius 3 is 2.59 bits per heavy atom. The van der Waals surface area contributed by atoms with Crippen molar-refractivity contribution >= 4 is 11.8 Å². The molecule has 0 bridgehead atoms. The average molecular weight is 367 g/mol. The highest BCUT2D eigenvalue weighted by atomic mass is 16.5. The molecule has 2 amide bonds. The second kappa shape index (κ2) is 8.35. The first kappa shape index (κ1) is 18.4. The van der Waals surface area contributed by atoms with Gasteiger partial charge < -0.3 is 19.2 Å². The Morgan fingerprint density at radius 2 is 1.96 bits per heavy atom. The monoisotopic (exact) mass is 367 g/mol. The largest absolute Gasteiger partial charge is 0.459 e. The highest BCUT2D eigenvalue weighted by Crippen LogP contribution is 2.10. The van der Waals surface area contributed by atoms with E-state index in [2.05, 4.69) is 10.5 Å². The number of aryl methyl sites for hydroxylation is 1. The molecule has 0 aliphatic rings. The van der Waals surface area contributed by atoms with Crippen LogP contribution in [0.15, 0.2) is 63.7 Å². The van der Waals surface area contributed by atoms with Crippen LogP contribution in [0.2, 0.25) is 0 Å². The molecule has 0 aliphatic carbocycles. The number of hydrogen-bond donors (Lipinski definition) is 1. The summed E-state index contributed by atoms with van der Waals surface area (Å²) in [6.07, 6.45) is 1.79. The zero-order chi connectivity index (χ0) is 19.2. The molecular formula is C20H21N3O4. The highest BCUT2D eigenvalue weighted by Gasteiger charge is 2.26. The van der Waals surface area contributed by atoms with E-state index in [1.54, 1.807) is 32.2 Å². The summed E-state index contributed by atoms with van der Waals surface area (Å²) >= 11 is 0. The SMILES string of the molecule is Cc1cc(CN(C)C(=O)[C@@H](Cc2ccccc2)NC(=O)c2ccco2)no1. The van der Waals surface area contributed by atoms with E-state index in [9.17, 15) is 9.59 Å². The quantitative estimate of drug-likeness (QED) is 0.693. The molecule has 3 rings (SSSR count). The first-order valence-electron chi connectivity index (χ1n) is 8.58. The van der Waals surface area contributed by atoms with Crippen molar-refractivity contribution in [1.82, 2.24) is 15.4 Å². The number of rotatable bonds is 7. The van der Waals surface area contributed by atoms with Crippen molar-refractivity contribution in [3.63, 3.8) is 0 Å². The van der Waals surface area contributed by atoms with Crippen LogP contribution in [0.25, 0.3) is 0 Å². The highest BCUT2D eigenvalue weighted by molar-refractivity contribution is 5.95. The fourth-order valence-corrected chi connectivity index (χ4v) is 2.77. The summed E-state index contributed by atoms with van der Waals surface area (Å²) in [5.41, 5.74) is 1.60. The Morgan fingerprint density at radius 1 is 1.19 bits per heavy atom. The number of hydrogen-bond acceptors (Lipinski definition) is 5. The Hall–Kier alpha value is -3.35. The van der Waals surface area contributed by atoms with Crippen LogP contribution in [0, 0.1) is 6.92 Å². The van der Waals surface area contributed by atoms with Gasteiger partial charge in [-0.15, -0.1) is 0 Å². The third-order valence-electron chi connectivity index (χ3n) is 4.08. The molecule has 7 heteroatoms. The van der Waals surface area contributed by atoms with E-state index in [1.165, 1.54) is 11.2 Å². The van der Waals surface area contributed by atoms with E-state index >= 15 is 0 Å². The molecule has 0 fully saturated rings. The predicted octanol–water partition coefficient (Wildman–Crippen LogP) is 2.58. The molecule has 0 spiro atoms. The van der Waals surface area contributed by atoms with Gasteiger partial charge in [-0.1, -0.05) is 35.5 Å². The standard InChI is InChI=1S/C20H21N3O4/c1-14-11-16(22-27-14)13-23(2)20(25)17(12-15-7-4-3-5-8-15)21-19(24)18-9-6-10-26-18/h3-11,17H,12-13H2,1-2H3,(H,21,24)/t17-/m1/s1. The number of nitrogens with zero attached hydrogens (tertiary/aromatic N) is 2. The molecule has 2 aromatic heterocycles. The maximum absolute atomic E-state index is 13.0. The summed E-state index contributed by atoms with van der Waals surface area (Å²) in [5, 5.41) is 6.68. The lowest BCUT2D eigenvalue weighted by atomic mass is 10.0. The average Bonchev–Trinajstić information content (AvgIpc) is 3.33. The lowest BCUT2D eigenvalue weighted by molar-refractivity contribution is -0.132. The van der Waals surface area contributed by atoms with Gasteiger partial charge in [-0.2, -0.15) is 0 Å². The number of aromatic nitrogens is 1. The third kappa shape index (κ3) is 4.84. The molecule has 140 valence electrons. The molecule has 0 saturated heterocycles. The van der Waals surface area contributed by atoms with Crippen molar-refractivity contribution in [3.05, 3.63) is 77.6 Å². The molecule has 3 aromatic rings. The minimum Gasteiger partial charge on any atom is -0.459 e. The van der Waals surface area contributed by atoms with Gasteiger partial charge in [-0.3, -0.25) is 9.59 Å². The topological polar surface area (TPSA) is 88.6 Å². The third-order valence-corrected chi connectivity index (χ3v) is 4.08. The van der Waals surface area contributed by atoms with E-state index in [-0.39, 0.29) is 18.2 Å². The van der Waals surface area contributed by atoms with Gasteiger partial charge in [-0.05, 0) is 24.6 Å². The van der Waals surface area contributed by atoms with Gasteiger partial charge in [0.05, 0.1) is 12.8 Å². The number of furan rings is 1. The molecule has 1 atom stereocenters. The Balaban J connectivity index is 1.74. The number of likely N-dealkylation sites (N-methyl/N-ethyl adjacent to an activating group) is 1. The minimum absolute atomic E-state index is 0.163. The minimum atomic E-state index is -0.733. The summed E-state index contributed by atoms with van der Waals surface area (Å²) in [6, 6.07) is 13.8. The summed E-state index contributed by atoms with van der Waals surface area (Å²) in [6.45, 7) is 2.08. The normalized spacial score (nSPS) is 11.8. The predicted molar refractivity (Wildman–Crippen MR) is 97.8 cm³/mol. The van der Waals surface area contributed by atoms with Crippen LogP contribution in [0.1, 0.15) is 27.6 Å². The molecule has 7 nitrogen and oxygen atoms in total. The Labute approximate surface area is 156 Å². The molecule has 0 saturated carbocycles. The molecular weight excluding hydrogens is 346 g/mol. The molecule has 27 heavy (non-hydrogen) atoms. The number of carbonyl (C=O) groups excluding carboxylic acids is 2. The zero-order valence-corrected chi connectivity index (χ0v) is 15.2. The van der Waals surface area contributed by atoms with Crippen LogP contribution >= 0.6 is 0 Å². The van der Waals surface area contributed by atoms with Crippen LogP contribution in [0.3, 0.4) is 0 Å². The van der Waals surface area contributed by atoms with Gasteiger partial charge in [0.15, 0.2) is 5.76 Å². The molecule has 0 aliphatic heterocycles. The van der Waals surface area contributed by atoms with Gasteiger partial charge in [-0.25, -0.2) is 0 Å². The van der Waals surface area contributed by atoms with Crippen LogP contribution in [0.5, 0.6) is 0 Å². The maximum atomic E-state index is 13.0. The summed E-state index contributed by atoms with van der Waals surface area (Å²) in [5.74, 6) is 0.188. The van der Waals surface area contributed by atoms with Gasteiger partial charge in [0.25, 0.3) is 5.91 Å². The van der Waals surface area contributed by atoms with E-state index in [4.69, 9.17) is 8.94 Å². The second-order valence-corrected chi connectivity index (χ2v) is 6.32. The molecule has 1 aromatic carbocycles. The van der Waals surface area contributed by atoms with Crippen molar-refractivity contribution in [2.75, 3.05) is 7.05 Å². The van der Waals surface area contributed by atoms with Gasteiger partial charge in [0.1, 0.15) is 17.5 Å². The lowest BCUT2D eigenvalue weighted by Gasteiger charge is -2.24. The van der Waals surface area contributed by atoms with Gasteiger partial charge >= 0.3 is 0 Å². The maximum Gasteiger partial charge on any atom is 0.287 e. The van der Waals surface area contributed by atoms with Crippen LogP contribution in [0.4, 0.5) is 0 Å². The van der Waals surface area contributed by atoms with Crippen molar-refractivity contribution in [3.8, 4) is 0 Å². The Bertz CT molecular complexity index is 887. The van der Waals surface area contributed by atoms with Gasteiger partial charge in [0.2, 0.25) is 5.91 Å². The number of benzene rings is 1. The summed E-state index contributed by atoms with van der Waals surface area (Å²) in [7, 11) is 1.67. The van der Waals surface area contributed by atoms with Crippen LogP contribution in [-0.4, -0.2) is 35.0 Å². The van der Waals surface area contributed by atoms with E-state index < -0.39 is 11.9 Å². The zero-order valence-electron chi connectivity index (χ0n) is 15.2. The number of nitrogens with one attached hydrogen (secondary N) is 1. The fourth-order valence-electron chi connectivity index (χ4n) is 2.77. The first-order chi connectivity index (χ1) is 13.0. The molecule has 0 unspecified atom stereocenters. The molecule has 0 radical (unpaired) electrons. The summed E-state index contributed by atoms with van der Waals surface area (Å²) < 4.78 is 10.2. The van der Waals surface area contributed by atoms with Crippen molar-refractivity contribution in [1.29, 1.82) is 0 Å². The Kier molecular flexibility index (Phi) is 5.71.